The van der Waals surface area contributed by atoms with Gasteiger partial charge in [-0.3, -0.25) is 0 Å². The third-order valence-electron chi connectivity index (χ3n) is 2.08. The Kier molecular flexibility index (Phi) is 6.29. The van der Waals surface area contributed by atoms with E-state index in [1.54, 1.807) is 0 Å². The van der Waals surface area contributed by atoms with Crippen LogP contribution in [-0.2, 0) is 0 Å². The van der Waals surface area contributed by atoms with Crippen molar-refractivity contribution in [3.8, 4) is 0 Å². The van der Waals surface area contributed by atoms with E-state index in [1.807, 2.05) is 12.1 Å². The van der Waals surface area contributed by atoms with E-state index in [-0.39, 0.29) is 0 Å². The fraction of sp³-hybridized carbons (Fsp3) is 0.455. The van der Waals surface area contributed by atoms with Crippen LogP contribution in [0.1, 0.15) is 19.3 Å². The fourth-order valence-electron chi connectivity index (χ4n) is 1.27. The molecule has 0 aliphatic heterocycles. The average Bonchev–Trinajstić information content (AvgIpc) is 2.23. The van der Waals surface area contributed by atoms with Crippen LogP contribution in [0.3, 0.4) is 0 Å². The molecule has 1 aromatic rings. The van der Waals surface area contributed by atoms with Crippen molar-refractivity contribution in [3.63, 3.8) is 0 Å². The van der Waals surface area contributed by atoms with Gasteiger partial charge in [0.1, 0.15) is 0 Å². The van der Waals surface area contributed by atoms with E-state index in [9.17, 15) is 0 Å². The number of unbranched alkanes of at least 4 members (excludes halogenated alkanes) is 2. The molecule has 1 aromatic carbocycles. The number of hydrogen-bond donors (Lipinski definition) is 2. The molecule has 1 rings (SSSR count). The Hall–Kier alpha value is -0.0600. The van der Waals surface area contributed by atoms with Crippen LogP contribution in [0.5, 0.6) is 0 Å². The zero-order chi connectivity index (χ0) is 11.1. The van der Waals surface area contributed by atoms with E-state index < -0.39 is 0 Å². The zero-order valence-corrected chi connectivity index (χ0v) is 11.6. The minimum Gasteiger partial charge on any atom is -0.396 e. The van der Waals surface area contributed by atoms with Crippen LogP contribution in [0.4, 0.5) is 5.69 Å². The summed E-state index contributed by atoms with van der Waals surface area (Å²) in [4.78, 5) is 0. The van der Waals surface area contributed by atoms with Crippen molar-refractivity contribution >= 4 is 37.5 Å². The SMILES string of the molecule is OCCCCCNc1cc(Br)ccc1Br. The van der Waals surface area contributed by atoms with Gasteiger partial charge in [0.05, 0.1) is 0 Å². The first-order chi connectivity index (χ1) is 7.24. The Labute approximate surface area is 107 Å². The molecule has 0 bridgehead atoms. The highest BCUT2D eigenvalue weighted by atomic mass is 79.9. The highest BCUT2D eigenvalue weighted by Gasteiger charge is 1.99. The predicted octanol–water partition coefficient (Wildman–Crippen LogP) is 3.79. The van der Waals surface area contributed by atoms with E-state index in [0.29, 0.717) is 6.61 Å². The lowest BCUT2D eigenvalue weighted by Crippen LogP contribution is -2.02. The van der Waals surface area contributed by atoms with Gasteiger partial charge in [-0.25, -0.2) is 0 Å². The van der Waals surface area contributed by atoms with Gasteiger partial charge in [-0.2, -0.15) is 0 Å². The number of hydrogen-bond acceptors (Lipinski definition) is 2. The molecular weight excluding hydrogens is 322 g/mol. The summed E-state index contributed by atoms with van der Waals surface area (Å²) in [7, 11) is 0. The molecule has 0 amide bonds. The van der Waals surface area contributed by atoms with Gasteiger partial charge in [0.15, 0.2) is 0 Å². The normalized spacial score (nSPS) is 10.3. The predicted molar refractivity (Wildman–Crippen MR) is 71.3 cm³/mol. The second-order valence-electron chi connectivity index (χ2n) is 3.34. The van der Waals surface area contributed by atoms with Crippen molar-refractivity contribution in [1.29, 1.82) is 0 Å². The molecule has 2 nitrogen and oxygen atoms in total. The first-order valence-corrected chi connectivity index (χ1v) is 6.62. The van der Waals surface area contributed by atoms with Crippen molar-refractivity contribution in [1.82, 2.24) is 0 Å². The molecule has 0 heterocycles. The van der Waals surface area contributed by atoms with Crippen molar-refractivity contribution in [3.05, 3.63) is 27.1 Å². The first kappa shape index (κ1) is 13.0. The van der Waals surface area contributed by atoms with Crippen LogP contribution >= 0.6 is 31.9 Å². The van der Waals surface area contributed by atoms with Gasteiger partial charge in [-0.15, -0.1) is 0 Å². The Bertz CT molecular complexity index is 305. The van der Waals surface area contributed by atoms with Gasteiger partial charge < -0.3 is 10.4 Å². The van der Waals surface area contributed by atoms with Crippen LogP contribution < -0.4 is 5.32 Å². The van der Waals surface area contributed by atoms with Gasteiger partial charge in [0.2, 0.25) is 0 Å². The summed E-state index contributed by atoms with van der Waals surface area (Å²) >= 11 is 6.93. The van der Waals surface area contributed by atoms with Crippen molar-refractivity contribution < 1.29 is 5.11 Å². The Morgan fingerprint density at radius 1 is 1.13 bits per heavy atom. The number of aliphatic hydroxyl groups is 1. The molecule has 0 unspecified atom stereocenters. The molecule has 0 aliphatic rings. The molecule has 0 aliphatic carbocycles. The molecule has 84 valence electrons. The van der Waals surface area contributed by atoms with Crippen molar-refractivity contribution in [2.75, 3.05) is 18.5 Å². The van der Waals surface area contributed by atoms with E-state index >= 15 is 0 Å². The highest BCUT2D eigenvalue weighted by Crippen LogP contribution is 2.26. The molecule has 15 heavy (non-hydrogen) atoms. The third kappa shape index (κ3) is 5.00. The molecular formula is C11H15Br2NO. The van der Waals surface area contributed by atoms with E-state index in [2.05, 4.69) is 43.2 Å². The number of halogens is 2. The molecule has 0 radical (unpaired) electrons. The summed E-state index contributed by atoms with van der Waals surface area (Å²) in [6, 6.07) is 6.07. The highest BCUT2D eigenvalue weighted by molar-refractivity contribution is 9.11. The van der Waals surface area contributed by atoms with Crippen LogP contribution in [0.25, 0.3) is 0 Å². The van der Waals surface area contributed by atoms with E-state index in [0.717, 1.165) is 40.4 Å². The summed E-state index contributed by atoms with van der Waals surface area (Å²) in [5.74, 6) is 0. The van der Waals surface area contributed by atoms with Crippen LogP contribution in [-0.4, -0.2) is 18.3 Å². The Morgan fingerprint density at radius 3 is 2.67 bits per heavy atom. The summed E-state index contributed by atoms with van der Waals surface area (Å²) in [5.41, 5.74) is 1.10. The van der Waals surface area contributed by atoms with Gasteiger partial charge in [-0.05, 0) is 53.4 Å². The Balaban J connectivity index is 2.33. The molecule has 0 saturated carbocycles. The molecule has 4 heteroatoms. The monoisotopic (exact) mass is 335 g/mol. The number of rotatable bonds is 6. The summed E-state index contributed by atoms with van der Waals surface area (Å²) < 4.78 is 2.15. The zero-order valence-electron chi connectivity index (χ0n) is 8.47. The lowest BCUT2D eigenvalue weighted by Gasteiger charge is -2.08. The lowest BCUT2D eigenvalue weighted by atomic mass is 10.2. The standard InChI is InChI=1S/C11H15Br2NO/c12-9-4-5-10(13)11(8-9)14-6-2-1-3-7-15/h4-5,8,14-15H,1-3,6-7H2. The van der Waals surface area contributed by atoms with Crippen LogP contribution in [0.15, 0.2) is 27.1 Å². The maximum Gasteiger partial charge on any atom is 0.0495 e. The Morgan fingerprint density at radius 2 is 1.93 bits per heavy atom. The number of aliphatic hydroxyl groups excluding tert-OH is 1. The fourth-order valence-corrected chi connectivity index (χ4v) is 2.02. The second-order valence-corrected chi connectivity index (χ2v) is 5.11. The average molecular weight is 337 g/mol. The molecule has 2 N–H and O–H groups in total. The number of nitrogens with one attached hydrogen (secondary N) is 1. The topological polar surface area (TPSA) is 32.3 Å². The summed E-state index contributed by atoms with van der Waals surface area (Å²) in [6.07, 6.45) is 3.04. The summed E-state index contributed by atoms with van der Waals surface area (Å²) in [5, 5.41) is 12.0. The maximum atomic E-state index is 8.63. The largest absolute Gasteiger partial charge is 0.396 e. The minimum atomic E-state index is 0.292. The summed E-state index contributed by atoms with van der Waals surface area (Å²) in [6.45, 7) is 1.23. The van der Waals surface area contributed by atoms with Gasteiger partial charge in [0.25, 0.3) is 0 Å². The first-order valence-electron chi connectivity index (χ1n) is 5.04. The van der Waals surface area contributed by atoms with Gasteiger partial charge in [-0.1, -0.05) is 15.9 Å². The van der Waals surface area contributed by atoms with Gasteiger partial charge >= 0.3 is 0 Å². The molecule has 0 saturated heterocycles. The third-order valence-corrected chi connectivity index (χ3v) is 3.26. The van der Waals surface area contributed by atoms with E-state index in [1.165, 1.54) is 0 Å². The van der Waals surface area contributed by atoms with Crippen molar-refractivity contribution in [2.45, 2.75) is 19.3 Å². The van der Waals surface area contributed by atoms with Gasteiger partial charge in [0, 0.05) is 27.8 Å². The quantitative estimate of drug-likeness (QED) is 0.775. The maximum absolute atomic E-state index is 8.63. The molecule has 0 atom stereocenters. The van der Waals surface area contributed by atoms with E-state index in [4.69, 9.17) is 5.11 Å². The lowest BCUT2D eigenvalue weighted by molar-refractivity contribution is 0.283. The molecule has 0 fully saturated rings. The molecule has 0 spiro atoms. The second kappa shape index (κ2) is 7.25. The van der Waals surface area contributed by atoms with Crippen LogP contribution in [0.2, 0.25) is 0 Å². The van der Waals surface area contributed by atoms with Crippen molar-refractivity contribution in [2.24, 2.45) is 0 Å². The number of anilines is 1. The molecule has 0 aromatic heterocycles. The minimum absolute atomic E-state index is 0.292. The smallest absolute Gasteiger partial charge is 0.0495 e. The van der Waals surface area contributed by atoms with Crippen LogP contribution in [0, 0.1) is 0 Å². The number of benzene rings is 1.